The first-order valence-corrected chi connectivity index (χ1v) is 8.27. The molecule has 0 saturated carbocycles. The van der Waals surface area contributed by atoms with Crippen LogP contribution in [0.1, 0.15) is 24.2 Å². The molecular formula is C19H23ClN2O2. The Balaban J connectivity index is 1.97. The number of benzene rings is 2. The average Bonchev–Trinajstić information content (AvgIpc) is 2.58. The number of rotatable bonds is 7. The van der Waals surface area contributed by atoms with Gasteiger partial charge in [0.05, 0.1) is 12.1 Å². The van der Waals surface area contributed by atoms with Crippen molar-refractivity contribution >= 4 is 17.5 Å². The Labute approximate surface area is 148 Å². The molecule has 0 unspecified atom stereocenters. The standard InChI is InChI=1S/C19H23ClN2O2/c1-13(18(24-2)15-8-10-16(20)11-9-15)22-19(23)17(21)12-14-6-4-3-5-7-14/h3-11,13,17-18H,12,21H2,1-2H3,(H,22,23)/t13-,17-,18-/m0/s1. The van der Waals surface area contributed by atoms with Crippen LogP contribution in [0.5, 0.6) is 0 Å². The Morgan fingerprint density at radius 3 is 2.38 bits per heavy atom. The maximum atomic E-state index is 12.4. The van der Waals surface area contributed by atoms with E-state index in [0.29, 0.717) is 11.4 Å². The maximum Gasteiger partial charge on any atom is 0.237 e. The number of nitrogens with one attached hydrogen (secondary N) is 1. The van der Waals surface area contributed by atoms with Gasteiger partial charge in [-0.2, -0.15) is 0 Å². The first-order valence-electron chi connectivity index (χ1n) is 7.89. The van der Waals surface area contributed by atoms with Crippen LogP contribution in [0, 0.1) is 0 Å². The Hall–Kier alpha value is -1.88. The molecule has 3 atom stereocenters. The summed E-state index contributed by atoms with van der Waals surface area (Å²) in [6, 6.07) is 16.3. The van der Waals surface area contributed by atoms with Crippen LogP contribution in [-0.2, 0) is 16.0 Å². The molecule has 0 spiro atoms. The monoisotopic (exact) mass is 346 g/mol. The molecule has 0 radical (unpaired) electrons. The van der Waals surface area contributed by atoms with E-state index in [-0.39, 0.29) is 18.1 Å². The highest BCUT2D eigenvalue weighted by atomic mass is 35.5. The van der Waals surface area contributed by atoms with Crippen LogP contribution < -0.4 is 11.1 Å². The van der Waals surface area contributed by atoms with Crippen LogP contribution in [0.15, 0.2) is 54.6 Å². The van der Waals surface area contributed by atoms with Gasteiger partial charge in [0.1, 0.15) is 6.10 Å². The molecule has 1 amide bonds. The molecule has 0 bridgehead atoms. The van der Waals surface area contributed by atoms with Gasteiger partial charge < -0.3 is 15.8 Å². The Morgan fingerprint density at radius 2 is 1.79 bits per heavy atom. The molecular weight excluding hydrogens is 324 g/mol. The minimum atomic E-state index is -0.599. The number of hydrogen-bond acceptors (Lipinski definition) is 3. The summed E-state index contributed by atoms with van der Waals surface area (Å²) in [6.07, 6.45) is 0.230. The number of carbonyl (C=O) groups is 1. The predicted molar refractivity (Wildman–Crippen MR) is 96.9 cm³/mol. The van der Waals surface area contributed by atoms with Crippen molar-refractivity contribution < 1.29 is 9.53 Å². The minimum absolute atomic E-state index is 0.192. The molecule has 5 heteroatoms. The molecule has 128 valence electrons. The lowest BCUT2D eigenvalue weighted by Gasteiger charge is -2.25. The normalized spacial score (nSPS) is 14.7. The zero-order chi connectivity index (χ0) is 17.5. The number of methoxy groups -OCH3 is 1. The lowest BCUT2D eigenvalue weighted by molar-refractivity contribution is -0.124. The molecule has 3 N–H and O–H groups in total. The maximum absolute atomic E-state index is 12.4. The third-order valence-corrected chi connectivity index (χ3v) is 4.16. The van der Waals surface area contributed by atoms with E-state index in [2.05, 4.69) is 5.32 Å². The van der Waals surface area contributed by atoms with Gasteiger partial charge in [0.15, 0.2) is 0 Å². The zero-order valence-corrected chi connectivity index (χ0v) is 14.7. The van der Waals surface area contributed by atoms with Crippen molar-refractivity contribution in [3.05, 3.63) is 70.7 Å². The van der Waals surface area contributed by atoms with Crippen LogP contribution in [0.4, 0.5) is 0 Å². The van der Waals surface area contributed by atoms with Crippen molar-refractivity contribution in [2.24, 2.45) is 5.73 Å². The summed E-state index contributed by atoms with van der Waals surface area (Å²) in [7, 11) is 1.62. The van der Waals surface area contributed by atoms with E-state index in [1.54, 1.807) is 19.2 Å². The highest BCUT2D eigenvalue weighted by Gasteiger charge is 2.23. The van der Waals surface area contributed by atoms with Crippen LogP contribution in [0.2, 0.25) is 5.02 Å². The number of hydrogen-bond donors (Lipinski definition) is 2. The highest BCUT2D eigenvalue weighted by Crippen LogP contribution is 2.22. The molecule has 2 aromatic rings. The second-order valence-electron chi connectivity index (χ2n) is 5.80. The lowest BCUT2D eigenvalue weighted by Crippen LogP contribution is -2.47. The smallest absolute Gasteiger partial charge is 0.237 e. The van der Waals surface area contributed by atoms with Crippen LogP contribution in [0.25, 0.3) is 0 Å². The Morgan fingerprint density at radius 1 is 1.17 bits per heavy atom. The van der Waals surface area contributed by atoms with Gasteiger partial charge >= 0.3 is 0 Å². The molecule has 24 heavy (non-hydrogen) atoms. The Kier molecular flexibility index (Phi) is 6.79. The number of halogens is 1. The van der Waals surface area contributed by atoms with E-state index in [0.717, 1.165) is 11.1 Å². The molecule has 2 rings (SSSR count). The summed E-state index contributed by atoms with van der Waals surface area (Å²) in [4.78, 5) is 12.4. The molecule has 0 fully saturated rings. The fraction of sp³-hybridized carbons (Fsp3) is 0.316. The summed E-state index contributed by atoms with van der Waals surface area (Å²) in [5, 5.41) is 3.60. The van der Waals surface area contributed by atoms with E-state index >= 15 is 0 Å². The number of amides is 1. The second kappa shape index (κ2) is 8.83. The SMILES string of the molecule is CO[C@H](c1ccc(Cl)cc1)[C@H](C)NC(=O)[C@@H](N)Cc1ccccc1. The fourth-order valence-electron chi connectivity index (χ4n) is 2.65. The summed E-state index contributed by atoms with van der Waals surface area (Å²) in [6.45, 7) is 1.90. The topological polar surface area (TPSA) is 64.3 Å². The fourth-order valence-corrected chi connectivity index (χ4v) is 2.78. The van der Waals surface area contributed by atoms with Crippen molar-refractivity contribution in [3.63, 3.8) is 0 Å². The molecule has 0 aliphatic carbocycles. The van der Waals surface area contributed by atoms with E-state index in [1.807, 2.05) is 49.4 Å². The molecule has 0 aliphatic rings. The quantitative estimate of drug-likeness (QED) is 0.809. The average molecular weight is 347 g/mol. The van der Waals surface area contributed by atoms with Crippen molar-refractivity contribution in [1.29, 1.82) is 0 Å². The molecule has 0 heterocycles. The lowest BCUT2D eigenvalue weighted by atomic mass is 10.0. The number of carbonyl (C=O) groups excluding carboxylic acids is 1. The summed E-state index contributed by atoms with van der Waals surface area (Å²) >= 11 is 5.91. The Bertz CT molecular complexity index is 646. The predicted octanol–water partition coefficient (Wildman–Crippen LogP) is 3.10. The van der Waals surface area contributed by atoms with Gasteiger partial charge in [0, 0.05) is 12.1 Å². The minimum Gasteiger partial charge on any atom is -0.375 e. The largest absolute Gasteiger partial charge is 0.375 e. The van der Waals surface area contributed by atoms with Gasteiger partial charge in [0.2, 0.25) is 5.91 Å². The van der Waals surface area contributed by atoms with Crippen LogP contribution in [0.3, 0.4) is 0 Å². The van der Waals surface area contributed by atoms with Crippen molar-refractivity contribution in [2.75, 3.05) is 7.11 Å². The van der Waals surface area contributed by atoms with E-state index in [1.165, 1.54) is 0 Å². The van der Waals surface area contributed by atoms with Crippen molar-refractivity contribution in [1.82, 2.24) is 5.32 Å². The highest BCUT2D eigenvalue weighted by molar-refractivity contribution is 6.30. The van der Waals surface area contributed by atoms with Crippen molar-refractivity contribution in [3.8, 4) is 0 Å². The number of nitrogens with two attached hydrogens (primary N) is 1. The van der Waals surface area contributed by atoms with Gasteiger partial charge in [-0.05, 0) is 36.6 Å². The number of ether oxygens (including phenoxy) is 1. The molecule has 2 aromatic carbocycles. The summed E-state index contributed by atoms with van der Waals surface area (Å²) < 4.78 is 5.54. The summed E-state index contributed by atoms with van der Waals surface area (Å²) in [5.41, 5.74) is 8.01. The second-order valence-corrected chi connectivity index (χ2v) is 6.24. The molecule has 4 nitrogen and oxygen atoms in total. The van der Waals surface area contributed by atoms with Crippen LogP contribution >= 0.6 is 11.6 Å². The van der Waals surface area contributed by atoms with Gasteiger partial charge in [-0.3, -0.25) is 4.79 Å². The third-order valence-electron chi connectivity index (χ3n) is 3.91. The summed E-state index contributed by atoms with van der Waals surface area (Å²) in [5.74, 6) is -0.192. The van der Waals surface area contributed by atoms with Gasteiger partial charge in [0.25, 0.3) is 0 Å². The van der Waals surface area contributed by atoms with Gasteiger partial charge in [-0.25, -0.2) is 0 Å². The first-order chi connectivity index (χ1) is 11.5. The first kappa shape index (κ1) is 18.5. The van der Waals surface area contributed by atoms with Gasteiger partial charge in [-0.1, -0.05) is 54.1 Å². The third kappa shape index (κ3) is 5.06. The zero-order valence-electron chi connectivity index (χ0n) is 13.9. The van der Waals surface area contributed by atoms with E-state index in [9.17, 15) is 4.79 Å². The van der Waals surface area contributed by atoms with Gasteiger partial charge in [-0.15, -0.1) is 0 Å². The van der Waals surface area contributed by atoms with E-state index < -0.39 is 6.04 Å². The molecule has 0 saturated heterocycles. The molecule has 0 aliphatic heterocycles. The van der Waals surface area contributed by atoms with E-state index in [4.69, 9.17) is 22.1 Å². The van der Waals surface area contributed by atoms with Crippen molar-refractivity contribution in [2.45, 2.75) is 31.5 Å². The molecule has 0 aromatic heterocycles. The van der Waals surface area contributed by atoms with Crippen LogP contribution in [-0.4, -0.2) is 25.1 Å².